The van der Waals surface area contributed by atoms with Crippen LogP contribution < -0.4 is 11.4 Å². The van der Waals surface area contributed by atoms with Crippen LogP contribution in [0.25, 0.3) is 11.0 Å². The molecule has 2 heterocycles. The number of rotatable bonds is 3. The molecule has 2 fully saturated rings. The van der Waals surface area contributed by atoms with Crippen molar-refractivity contribution >= 4 is 11.0 Å². The van der Waals surface area contributed by atoms with Gasteiger partial charge < -0.3 is 10.2 Å². The van der Waals surface area contributed by atoms with Gasteiger partial charge in [0.2, 0.25) is 0 Å². The lowest BCUT2D eigenvalue weighted by Crippen LogP contribution is -2.46. The van der Waals surface area contributed by atoms with Crippen LogP contribution in [-0.2, 0) is 13.0 Å². The van der Waals surface area contributed by atoms with Crippen LogP contribution in [0.15, 0.2) is 33.5 Å². The summed E-state index contributed by atoms with van der Waals surface area (Å²) in [5, 5.41) is 1.08. The van der Waals surface area contributed by atoms with Crippen molar-refractivity contribution in [2.24, 2.45) is 11.1 Å². The molecule has 1 aromatic carbocycles. The van der Waals surface area contributed by atoms with Gasteiger partial charge in [-0.25, -0.2) is 4.79 Å². The summed E-state index contributed by atoms with van der Waals surface area (Å²) >= 11 is 0. The van der Waals surface area contributed by atoms with Crippen LogP contribution in [0.1, 0.15) is 50.2 Å². The molecular weight excluding hydrogens is 312 g/mol. The lowest BCUT2D eigenvalue weighted by atomic mass is 9.74. The van der Waals surface area contributed by atoms with Gasteiger partial charge in [0.15, 0.2) is 0 Å². The minimum Gasteiger partial charge on any atom is -0.423 e. The van der Waals surface area contributed by atoms with E-state index in [4.69, 9.17) is 10.2 Å². The van der Waals surface area contributed by atoms with Crippen LogP contribution in [0, 0.1) is 5.41 Å². The highest BCUT2D eigenvalue weighted by Gasteiger charge is 2.42. The first-order chi connectivity index (χ1) is 12.1. The minimum absolute atomic E-state index is 0.252. The zero-order valence-corrected chi connectivity index (χ0v) is 15.1. The van der Waals surface area contributed by atoms with Crippen molar-refractivity contribution in [2.75, 3.05) is 13.1 Å². The van der Waals surface area contributed by atoms with Crippen LogP contribution in [0.2, 0.25) is 0 Å². The summed E-state index contributed by atoms with van der Waals surface area (Å²) in [4.78, 5) is 14.4. The fourth-order valence-electron chi connectivity index (χ4n) is 4.81. The van der Waals surface area contributed by atoms with Crippen LogP contribution in [0.4, 0.5) is 0 Å². The Morgan fingerprint density at radius 2 is 2.04 bits per heavy atom. The average molecular weight is 340 g/mol. The molecule has 25 heavy (non-hydrogen) atoms. The van der Waals surface area contributed by atoms with Crippen molar-refractivity contribution in [3.8, 4) is 0 Å². The number of hydrogen-bond donors (Lipinski definition) is 1. The SMILES string of the molecule is CCc1ccc2oc(=O)cc(CN3CCC4(CCCC4N)CC3)c2c1. The quantitative estimate of drug-likeness (QED) is 0.870. The summed E-state index contributed by atoms with van der Waals surface area (Å²) in [7, 11) is 0. The van der Waals surface area contributed by atoms with Crippen molar-refractivity contribution in [1.29, 1.82) is 0 Å². The number of fused-ring (bicyclic) bond motifs is 1. The van der Waals surface area contributed by atoms with E-state index in [1.807, 2.05) is 12.1 Å². The first kappa shape index (κ1) is 16.8. The Morgan fingerprint density at radius 3 is 2.72 bits per heavy atom. The molecule has 0 radical (unpaired) electrons. The summed E-state index contributed by atoms with van der Waals surface area (Å²) in [6.07, 6.45) is 7.12. The van der Waals surface area contributed by atoms with E-state index in [-0.39, 0.29) is 5.63 Å². The lowest BCUT2D eigenvalue weighted by molar-refractivity contribution is 0.0907. The number of hydrogen-bond acceptors (Lipinski definition) is 4. The van der Waals surface area contributed by atoms with E-state index in [9.17, 15) is 4.79 Å². The normalized spacial score (nSPS) is 23.5. The van der Waals surface area contributed by atoms with E-state index >= 15 is 0 Å². The second-order valence-corrected chi connectivity index (χ2v) is 7.91. The third kappa shape index (κ3) is 3.13. The standard InChI is InChI=1S/C21H28N2O2/c1-2-15-5-6-18-17(12-15)16(13-20(24)25-18)14-23-10-8-21(9-11-23)7-3-4-19(21)22/h5-6,12-13,19H,2-4,7-11,14,22H2,1H3. The zero-order chi connectivity index (χ0) is 17.4. The summed E-state index contributed by atoms with van der Waals surface area (Å²) in [5.74, 6) is 0. The molecule has 1 unspecified atom stereocenters. The molecule has 1 aromatic heterocycles. The molecule has 0 amide bonds. The summed E-state index contributed by atoms with van der Waals surface area (Å²) in [5.41, 5.74) is 9.59. The fourth-order valence-corrected chi connectivity index (χ4v) is 4.81. The van der Waals surface area contributed by atoms with Crippen LogP contribution in [0.5, 0.6) is 0 Å². The van der Waals surface area contributed by atoms with Gasteiger partial charge in [0.05, 0.1) is 0 Å². The molecule has 2 aliphatic rings. The molecule has 0 bridgehead atoms. The first-order valence-corrected chi connectivity index (χ1v) is 9.63. The fraction of sp³-hybridized carbons (Fsp3) is 0.571. The van der Waals surface area contributed by atoms with Gasteiger partial charge in [-0.1, -0.05) is 19.4 Å². The summed E-state index contributed by atoms with van der Waals surface area (Å²) in [6, 6.07) is 8.20. The van der Waals surface area contributed by atoms with E-state index in [0.717, 1.165) is 37.0 Å². The second-order valence-electron chi connectivity index (χ2n) is 7.91. The Morgan fingerprint density at radius 1 is 1.24 bits per heavy atom. The number of nitrogens with zero attached hydrogens (tertiary/aromatic N) is 1. The summed E-state index contributed by atoms with van der Waals surface area (Å²) in [6.45, 7) is 5.11. The highest BCUT2D eigenvalue weighted by Crippen LogP contribution is 2.45. The van der Waals surface area contributed by atoms with Gasteiger partial charge in [-0.15, -0.1) is 0 Å². The number of benzene rings is 1. The molecule has 1 aliphatic carbocycles. The van der Waals surface area contributed by atoms with Crippen LogP contribution >= 0.6 is 0 Å². The van der Waals surface area contributed by atoms with Crippen molar-refractivity contribution in [3.63, 3.8) is 0 Å². The molecule has 1 aliphatic heterocycles. The molecular formula is C21H28N2O2. The molecule has 4 heteroatoms. The third-order valence-electron chi connectivity index (χ3n) is 6.52. The average Bonchev–Trinajstić information content (AvgIpc) is 2.97. The van der Waals surface area contributed by atoms with E-state index < -0.39 is 0 Å². The van der Waals surface area contributed by atoms with Crippen molar-refractivity contribution in [3.05, 3.63) is 45.8 Å². The molecule has 2 aromatic rings. The topological polar surface area (TPSA) is 59.5 Å². The summed E-state index contributed by atoms with van der Waals surface area (Å²) < 4.78 is 5.39. The lowest BCUT2D eigenvalue weighted by Gasteiger charge is -2.42. The highest BCUT2D eigenvalue weighted by molar-refractivity contribution is 5.80. The number of nitrogens with two attached hydrogens (primary N) is 1. The zero-order valence-electron chi connectivity index (χ0n) is 15.1. The molecule has 1 saturated carbocycles. The van der Waals surface area contributed by atoms with Gasteiger partial charge in [-0.05, 0) is 73.9 Å². The van der Waals surface area contributed by atoms with Gasteiger partial charge in [-0.2, -0.15) is 0 Å². The third-order valence-corrected chi connectivity index (χ3v) is 6.52. The highest BCUT2D eigenvalue weighted by atomic mass is 16.4. The van der Waals surface area contributed by atoms with Gasteiger partial charge in [0.1, 0.15) is 5.58 Å². The Kier molecular flexibility index (Phi) is 4.42. The van der Waals surface area contributed by atoms with E-state index in [2.05, 4.69) is 17.9 Å². The maximum Gasteiger partial charge on any atom is 0.336 e. The van der Waals surface area contributed by atoms with Crippen LogP contribution in [-0.4, -0.2) is 24.0 Å². The Balaban J connectivity index is 1.56. The molecule has 1 saturated heterocycles. The first-order valence-electron chi connectivity index (χ1n) is 9.63. The predicted octanol–water partition coefficient (Wildman–Crippen LogP) is 3.45. The Hall–Kier alpha value is -1.65. The minimum atomic E-state index is -0.252. The van der Waals surface area contributed by atoms with Crippen molar-refractivity contribution in [1.82, 2.24) is 4.90 Å². The monoisotopic (exact) mass is 340 g/mol. The van der Waals surface area contributed by atoms with Gasteiger partial charge in [-0.3, -0.25) is 4.90 Å². The van der Waals surface area contributed by atoms with E-state index in [1.165, 1.54) is 37.7 Å². The van der Waals surface area contributed by atoms with Crippen molar-refractivity contribution < 1.29 is 4.42 Å². The Bertz CT molecular complexity index is 818. The number of piperidine rings is 1. The van der Waals surface area contributed by atoms with E-state index in [0.29, 0.717) is 17.0 Å². The van der Waals surface area contributed by atoms with E-state index in [1.54, 1.807) is 6.07 Å². The smallest absolute Gasteiger partial charge is 0.336 e. The molecule has 4 rings (SSSR count). The molecule has 1 atom stereocenters. The largest absolute Gasteiger partial charge is 0.423 e. The van der Waals surface area contributed by atoms with Crippen molar-refractivity contribution in [2.45, 2.75) is 58.0 Å². The number of likely N-dealkylation sites (tertiary alicyclic amines) is 1. The van der Waals surface area contributed by atoms with Gasteiger partial charge in [0, 0.05) is 24.0 Å². The molecule has 134 valence electrons. The van der Waals surface area contributed by atoms with Gasteiger partial charge >= 0.3 is 5.63 Å². The molecule has 4 nitrogen and oxygen atoms in total. The van der Waals surface area contributed by atoms with Crippen LogP contribution in [0.3, 0.4) is 0 Å². The molecule has 1 spiro atoms. The number of aryl methyl sites for hydroxylation is 1. The maximum atomic E-state index is 11.9. The second kappa shape index (κ2) is 6.58. The maximum absolute atomic E-state index is 11.9. The van der Waals surface area contributed by atoms with Gasteiger partial charge in [0.25, 0.3) is 0 Å². The Labute approximate surface area is 149 Å². The predicted molar refractivity (Wildman–Crippen MR) is 101 cm³/mol. The molecule has 2 N–H and O–H groups in total.